The van der Waals surface area contributed by atoms with Gasteiger partial charge in [0.2, 0.25) is 0 Å². The topological polar surface area (TPSA) is 79.9 Å². The van der Waals surface area contributed by atoms with Crippen LogP contribution in [0.4, 0.5) is 10.5 Å². The minimum Gasteiger partial charge on any atom is -0.495 e. The van der Waals surface area contributed by atoms with E-state index < -0.39 is 5.97 Å². The van der Waals surface area contributed by atoms with E-state index in [9.17, 15) is 9.59 Å². The smallest absolute Gasteiger partial charge is 0.337 e. The number of urea groups is 1. The minimum absolute atomic E-state index is 0.152. The van der Waals surface area contributed by atoms with Crippen LogP contribution >= 0.6 is 0 Å². The van der Waals surface area contributed by atoms with Crippen molar-refractivity contribution in [2.24, 2.45) is 5.92 Å². The average molecular weight is 552 g/mol. The number of ether oxygens (including phenoxy) is 2. The highest BCUT2D eigenvalue weighted by atomic mass is 16.5. The molecule has 0 bridgehead atoms. The maximum absolute atomic E-state index is 13.5. The summed E-state index contributed by atoms with van der Waals surface area (Å²) in [6.45, 7) is 4.23. The fourth-order valence-electron chi connectivity index (χ4n) is 5.86. The number of likely N-dealkylation sites (tertiary alicyclic amines) is 1. The molecule has 0 saturated carbocycles. The molecule has 2 unspecified atom stereocenters. The number of benzene rings is 4. The SMILES string of the molecule is COC(=O)c1ccc(NC(=O)N2CCC(c3ccccc3)C(CN[C@H](C)c3cccc4ccccc34)C2)c(OC)c1. The number of amides is 2. The fraction of sp³-hybridized carbons (Fsp3) is 0.294. The van der Waals surface area contributed by atoms with Gasteiger partial charge in [-0.25, -0.2) is 9.59 Å². The van der Waals surface area contributed by atoms with Crippen LogP contribution in [-0.2, 0) is 4.74 Å². The Hall–Kier alpha value is -4.36. The van der Waals surface area contributed by atoms with Crippen LogP contribution in [0.25, 0.3) is 10.8 Å². The molecule has 41 heavy (non-hydrogen) atoms. The highest BCUT2D eigenvalue weighted by Gasteiger charge is 2.33. The zero-order valence-corrected chi connectivity index (χ0v) is 23.8. The van der Waals surface area contributed by atoms with E-state index in [0.717, 1.165) is 13.0 Å². The van der Waals surface area contributed by atoms with E-state index in [1.54, 1.807) is 18.2 Å². The number of carbonyl (C=O) groups excluding carboxylic acids is 2. The van der Waals surface area contributed by atoms with Gasteiger partial charge in [0.25, 0.3) is 0 Å². The zero-order chi connectivity index (χ0) is 28.8. The lowest BCUT2D eigenvalue weighted by Crippen LogP contribution is -2.47. The Morgan fingerprint density at radius 1 is 0.951 bits per heavy atom. The Morgan fingerprint density at radius 3 is 2.49 bits per heavy atom. The third-order valence-electron chi connectivity index (χ3n) is 8.09. The maximum Gasteiger partial charge on any atom is 0.337 e. The number of fused-ring (bicyclic) bond motifs is 1. The van der Waals surface area contributed by atoms with Crippen molar-refractivity contribution >= 4 is 28.5 Å². The molecule has 7 heteroatoms. The first kappa shape index (κ1) is 28.2. The summed E-state index contributed by atoms with van der Waals surface area (Å²) in [6.07, 6.45) is 0.866. The highest BCUT2D eigenvalue weighted by Crippen LogP contribution is 2.34. The summed E-state index contributed by atoms with van der Waals surface area (Å²) in [5.41, 5.74) is 3.44. The van der Waals surface area contributed by atoms with E-state index in [1.165, 1.54) is 36.1 Å². The molecule has 7 nitrogen and oxygen atoms in total. The van der Waals surface area contributed by atoms with Crippen LogP contribution in [-0.4, -0.2) is 50.8 Å². The predicted molar refractivity (Wildman–Crippen MR) is 163 cm³/mol. The monoisotopic (exact) mass is 551 g/mol. The molecular weight excluding hydrogens is 514 g/mol. The Labute approximate surface area is 241 Å². The zero-order valence-electron chi connectivity index (χ0n) is 23.8. The molecule has 0 aromatic heterocycles. The van der Waals surface area contributed by atoms with Crippen LogP contribution in [0.15, 0.2) is 91.0 Å². The van der Waals surface area contributed by atoms with Gasteiger partial charge in [-0.3, -0.25) is 0 Å². The molecule has 1 heterocycles. The van der Waals surface area contributed by atoms with Crippen LogP contribution in [0, 0.1) is 5.92 Å². The molecule has 212 valence electrons. The van der Waals surface area contributed by atoms with Gasteiger partial charge < -0.3 is 25.0 Å². The van der Waals surface area contributed by atoms with E-state index in [-0.39, 0.29) is 18.0 Å². The summed E-state index contributed by atoms with van der Waals surface area (Å²) in [5, 5.41) is 9.27. The number of rotatable bonds is 8. The molecule has 3 atom stereocenters. The highest BCUT2D eigenvalue weighted by molar-refractivity contribution is 5.94. The predicted octanol–water partition coefficient (Wildman–Crippen LogP) is 6.62. The third-order valence-corrected chi connectivity index (χ3v) is 8.09. The first-order valence-corrected chi connectivity index (χ1v) is 14.1. The van der Waals surface area contributed by atoms with E-state index in [1.807, 2.05) is 11.0 Å². The number of nitrogens with one attached hydrogen (secondary N) is 2. The summed E-state index contributed by atoms with van der Waals surface area (Å²) in [6, 6.07) is 30.3. The first-order valence-electron chi connectivity index (χ1n) is 14.1. The van der Waals surface area contributed by atoms with Gasteiger partial charge in [-0.05, 0) is 65.3 Å². The van der Waals surface area contributed by atoms with Gasteiger partial charge in [0.15, 0.2) is 0 Å². The van der Waals surface area contributed by atoms with E-state index in [4.69, 9.17) is 9.47 Å². The third kappa shape index (κ3) is 6.36. The van der Waals surface area contributed by atoms with Gasteiger partial charge in [-0.15, -0.1) is 0 Å². The second-order valence-corrected chi connectivity index (χ2v) is 10.5. The van der Waals surface area contributed by atoms with Gasteiger partial charge in [-0.1, -0.05) is 72.8 Å². The van der Waals surface area contributed by atoms with Crippen LogP contribution in [0.3, 0.4) is 0 Å². The van der Waals surface area contributed by atoms with Crippen LogP contribution < -0.4 is 15.4 Å². The van der Waals surface area contributed by atoms with Gasteiger partial charge in [0, 0.05) is 25.7 Å². The second kappa shape index (κ2) is 12.9. The molecule has 4 aromatic carbocycles. The van der Waals surface area contributed by atoms with Crippen molar-refractivity contribution in [3.63, 3.8) is 0 Å². The van der Waals surface area contributed by atoms with Crippen LogP contribution in [0.2, 0.25) is 0 Å². The van der Waals surface area contributed by atoms with Gasteiger partial charge in [0.05, 0.1) is 25.5 Å². The van der Waals surface area contributed by atoms with E-state index in [0.29, 0.717) is 36.0 Å². The van der Waals surface area contributed by atoms with Crippen LogP contribution in [0.5, 0.6) is 5.75 Å². The molecular formula is C34H37N3O4. The Balaban J connectivity index is 1.32. The van der Waals surface area contributed by atoms with Crippen molar-refractivity contribution in [2.75, 3.05) is 39.2 Å². The van der Waals surface area contributed by atoms with Gasteiger partial charge >= 0.3 is 12.0 Å². The van der Waals surface area contributed by atoms with E-state index in [2.05, 4.69) is 84.3 Å². The summed E-state index contributed by atoms with van der Waals surface area (Å²) in [4.78, 5) is 27.3. The molecule has 2 N–H and O–H groups in total. The average Bonchev–Trinajstić information content (AvgIpc) is 3.03. The summed E-state index contributed by atoms with van der Waals surface area (Å²) in [7, 11) is 2.84. The number of carbonyl (C=O) groups is 2. The lowest BCUT2D eigenvalue weighted by atomic mass is 9.80. The summed E-state index contributed by atoms with van der Waals surface area (Å²) in [5.74, 6) is 0.499. The number of methoxy groups -OCH3 is 2. The standard InChI is InChI=1S/C34H37N3O4/c1-23(28-15-9-13-25-12-7-8-14-30(25)28)35-21-27-22-37(19-18-29(27)24-10-5-4-6-11-24)34(39)36-31-17-16-26(33(38)41-3)20-32(31)40-2/h4-17,20,23,27,29,35H,18-19,21-22H2,1-3H3,(H,36,39)/t23-,27?,29?/m1/s1. The van der Waals surface area contributed by atoms with Crippen molar-refractivity contribution in [3.05, 3.63) is 108 Å². The quantitative estimate of drug-likeness (QED) is 0.241. The molecule has 1 saturated heterocycles. The van der Waals surface area contributed by atoms with Crippen molar-refractivity contribution in [1.82, 2.24) is 10.2 Å². The number of hydrogen-bond donors (Lipinski definition) is 2. The first-order chi connectivity index (χ1) is 20.0. The Morgan fingerprint density at radius 2 is 1.71 bits per heavy atom. The van der Waals surface area contributed by atoms with Crippen molar-refractivity contribution < 1.29 is 19.1 Å². The van der Waals surface area contributed by atoms with Gasteiger partial charge in [0.1, 0.15) is 5.75 Å². The largest absolute Gasteiger partial charge is 0.495 e. The lowest BCUT2D eigenvalue weighted by molar-refractivity contribution is 0.0600. The van der Waals surface area contributed by atoms with Crippen molar-refractivity contribution in [1.29, 1.82) is 0 Å². The molecule has 1 aliphatic rings. The van der Waals surface area contributed by atoms with Crippen molar-refractivity contribution in [3.8, 4) is 5.75 Å². The number of esters is 1. The lowest BCUT2D eigenvalue weighted by Gasteiger charge is -2.39. The second-order valence-electron chi connectivity index (χ2n) is 10.5. The Bertz CT molecular complexity index is 1500. The van der Waals surface area contributed by atoms with E-state index >= 15 is 0 Å². The van der Waals surface area contributed by atoms with Crippen molar-refractivity contribution in [2.45, 2.75) is 25.3 Å². The number of piperidine rings is 1. The fourth-order valence-corrected chi connectivity index (χ4v) is 5.86. The molecule has 5 rings (SSSR count). The summed E-state index contributed by atoms with van der Waals surface area (Å²) >= 11 is 0. The number of nitrogens with zero attached hydrogens (tertiary/aromatic N) is 1. The molecule has 0 aliphatic carbocycles. The van der Waals surface area contributed by atoms with Gasteiger partial charge in [-0.2, -0.15) is 0 Å². The molecule has 1 aliphatic heterocycles. The minimum atomic E-state index is -0.461. The molecule has 0 spiro atoms. The summed E-state index contributed by atoms with van der Waals surface area (Å²) < 4.78 is 10.3. The molecule has 2 amide bonds. The normalized spacial score (nSPS) is 17.6. The number of anilines is 1. The molecule has 1 fully saturated rings. The maximum atomic E-state index is 13.5. The van der Waals surface area contributed by atoms with Crippen LogP contribution in [0.1, 0.15) is 46.8 Å². The molecule has 0 radical (unpaired) electrons. The number of hydrogen-bond acceptors (Lipinski definition) is 5. The Kier molecular flexibility index (Phi) is 8.85. The molecule has 4 aromatic rings.